The Balaban J connectivity index is 0.00000324. The van der Waals surface area contributed by atoms with Gasteiger partial charge >= 0.3 is 0 Å². The summed E-state index contributed by atoms with van der Waals surface area (Å²) in [6.45, 7) is 9.22. The van der Waals surface area contributed by atoms with Crippen LogP contribution >= 0.6 is 0 Å². The predicted octanol–water partition coefficient (Wildman–Crippen LogP) is 0.564. The maximum Gasteiger partial charge on any atom is 0.0802 e. The lowest BCUT2D eigenvalue weighted by atomic mass is 9.75. The van der Waals surface area contributed by atoms with Gasteiger partial charge in [0.1, 0.15) is 0 Å². The van der Waals surface area contributed by atoms with Gasteiger partial charge in [-0.05, 0) is 30.6 Å². The van der Waals surface area contributed by atoms with Gasteiger partial charge in [0, 0.05) is 6.42 Å². The molecule has 0 aromatic rings. The van der Waals surface area contributed by atoms with Crippen molar-refractivity contribution in [3.05, 3.63) is 0 Å². The number of nitrogens with zero attached hydrogens (tertiary/aromatic N) is 1. The maximum atomic E-state index is 6.21. The molecule has 1 fully saturated rings. The van der Waals surface area contributed by atoms with Crippen molar-refractivity contribution in [2.24, 2.45) is 17.8 Å². The first-order valence-electron chi connectivity index (χ1n) is 7.71. The molecular weight excluding hydrogens is 349 g/mol. The van der Waals surface area contributed by atoms with Gasteiger partial charge in [-0.3, -0.25) is 0 Å². The van der Waals surface area contributed by atoms with Crippen LogP contribution < -0.4 is 24.0 Å². The Morgan fingerprint density at radius 1 is 1.16 bits per heavy atom. The second-order valence-electron chi connectivity index (χ2n) is 7.60. The number of hydrogen-bond acceptors (Lipinski definition) is 1. The van der Waals surface area contributed by atoms with E-state index in [1.807, 2.05) is 0 Å². The normalized spacial score (nSPS) is 28.3. The van der Waals surface area contributed by atoms with E-state index in [4.69, 9.17) is 4.74 Å². The lowest BCUT2D eigenvalue weighted by Gasteiger charge is -2.37. The molecule has 1 rings (SSSR count). The second kappa shape index (κ2) is 8.83. The second-order valence-corrected chi connectivity index (χ2v) is 7.60. The molecule has 3 atom stereocenters. The van der Waals surface area contributed by atoms with Crippen molar-refractivity contribution < 1.29 is 33.2 Å². The van der Waals surface area contributed by atoms with E-state index in [1.165, 1.54) is 32.2 Å². The summed E-state index contributed by atoms with van der Waals surface area (Å²) in [6, 6.07) is 0. The molecule has 0 spiro atoms. The van der Waals surface area contributed by atoms with E-state index >= 15 is 0 Å². The fourth-order valence-electron chi connectivity index (χ4n) is 3.08. The minimum absolute atomic E-state index is 0. The van der Waals surface area contributed by atoms with E-state index in [2.05, 4.69) is 41.9 Å². The third kappa shape index (κ3) is 7.86. The quantitative estimate of drug-likeness (QED) is 0.370. The number of halogens is 1. The highest BCUT2D eigenvalue weighted by Gasteiger charge is 2.31. The fourth-order valence-corrected chi connectivity index (χ4v) is 3.08. The molecule has 3 unspecified atom stereocenters. The van der Waals surface area contributed by atoms with E-state index in [1.54, 1.807) is 0 Å². The molecule has 1 saturated carbocycles. The summed E-state index contributed by atoms with van der Waals surface area (Å²) in [6.07, 6.45) is 5.72. The topological polar surface area (TPSA) is 9.23 Å². The van der Waals surface area contributed by atoms with Crippen LogP contribution in [-0.2, 0) is 4.74 Å². The van der Waals surface area contributed by atoms with Gasteiger partial charge < -0.3 is 33.2 Å². The molecule has 0 saturated heterocycles. The Morgan fingerprint density at radius 3 is 2.32 bits per heavy atom. The summed E-state index contributed by atoms with van der Waals surface area (Å²) in [4.78, 5) is 0. The summed E-state index contributed by atoms with van der Waals surface area (Å²) < 4.78 is 7.25. The molecule has 0 radical (unpaired) electrons. The van der Waals surface area contributed by atoms with Crippen molar-refractivity contribution in [1.82, 2.24) is 0 Å². The fraction of sp³-hybridized carbons (Fsp3) is 1.00. The van der Waals surface area contributed by atoms with Crippen LogP contribution in [0.15, 0.2) is 0 Å². The molecule has 19 heavy (non-hydrogen) atoms. The molecule has 0 aromatic heterocycles. The van der Waals surface area contributed by atoms with Gasteiger partial charge in [-0.15, -0.1) is 0 Å². The first-order valence-corrected chi connectivity index (χ1v) is 7.71. The van der Waals surface area contributed by atoms with E-state index < -0.39 is 0 Å². The highest BCUT2D eigenvalue weighted by molar-refractivity contribution is 4.81. The zero-order valence-electron chi connectivity index (χ0n) is 13.8. The molecule has 1 aliphatic rings. The molecule has 0 heterocycles. The molecule has 0 aromatic carbocycles. The highest BCUT2D eigenvalue weighted by atomic mass is 127. The van der Waals surface area contributed by atoms with Gasteiger partial charge in [0.25, 0.3) is 0 Å². The van der Waals surface area contributed by atoms with E-state index in [0.29, 0.717) is 6.10 Å². The molecule has 0 aliphatic heterocycles. The SMILES string of the molecule is CC1CCC(C(C)C)C(OCCC[N+](C)(C)C)C1.[I-]. The lowest BCUT2D eigenvalue weighted by Crippen LogP contribution is -3.00. The highest BCUT2D eigenvalue weighted by Crippen LogP contribution is 2.35. The first kappa shape index (κ1) is 19.7. The lowest BCUT2D eigenvalue weighted by molar-refractivity contribution is -0.870. The van der Waals surface area contributed by atoms with Crippen LogP contribution in [-0.4, -0.2) is 44.9 Å². The summed E-state index contributed by atoms with van der Waals surface area (Å²) in [7, 11) is 6.75. The summed E-state index contributed by atoms with van der Waals surface area (Å²) in [5.74, 6) is 2.40. The molecule has 3 heteroatoms. The van der Waals surface area contributed by atoms with Crippen LogP contribution in [0.2, 0.25) is 0 Å². The summed E-state index contributed by atoms with van der Waals surface area (Å²) >= 11 is 0. The molecule has 0 bridgehead atoms. The standard InChI is InChI=1S/C16H34NO.HI/c1-13(2)15-9-8-14(3)12-16(15)18-11-7-10-17(4,5)6;/h13-16H,7-12H2,1-6H3;1H/q+1;/p-1. The van der Waals surface area contributed by atoms with Gasteiger partial charge in [0.05, 0.1) is 40.4 Å². The zero-order valence-corrected chi connectivity index (χ0v) is 15.9. The molecule has 2 nitrogen and oxygen atoms in total. The van der Waals surface area contributed by atoms with Crippen LogP contribution in [0.5, 0.6) is 0 Å². The zero-order chi connectivity index (χ0) is 13.8. The van der Waals surface area contributed by atoms with Gasteiger partial charge in [-0.2, -0.15) is 0 Å². The molecular formula is C16H34INO. The van der Waals surface area contributed by atoms with Crippen LogP contribution in [0.3, 0.4) is 0 Å². The Hall–Kier alpha value is 0.650. The number of quaternary nitrogens is 1. The van der Waals surface area contributed by atoms with Crippen LogP contribution in [0, 0.1) is 17.8 Å². The monoisotopic (exact) mass is 383 g/mol. The Kier molecular flexibility index (Phi) is 9.13. The largest absolute Gasteiger partial charge is 1.00 e. The van der Waals surface area contributed by atoms with E-state index in [-0.39, 0.29) is 24.0 Å². The average molecular weight is 383 g/mol. The van der Waals surface area contributed by atoms with E-state index in [9.17, 15) is 0 Å². The smallest absolute Gasteiger partial charge is 0.0802 e. The summed E-state index contributed by atoms with van der Waals surface area (Å²) in [5, 5.41) is 0. The maximum absolute atomic E-state index is 6.21. The van der Waals surface area contributed by atoms with Crippen molar-refractivity contribution in [1.29, 1.82) is 0 Å². The first-order chi connectivity index (χ1) is 8.29. The van der Waals surface area contributed by atoms with Crippen molar-refractivity contribution in [3.8, 4) is 0 Å². The predicted molar refractivity (Wildman–Crippen MR) is 78.6 cm³/mol. The Morgan fingerprint density at radius 2 is 1.79 bits per heavy atom. The molecule has 0 N–H and O–H groups in total. The number of hydrogen-bond donors (Lipinski definition) is 0. The van der Waals surface area contributed by atoms with Crippen molar-refractivity contribution in [2.75, 3.05) is 34.3 Å². The van der Waals surface area contributed by atoms with E-state index in [0.717, 1.165) is 28.8 Å². The number of rotatable bonds is 6. The van der Waals surface area contributed by atoms with Crippen molar-refractivity contribution in [2.45, 2.75) is 52.6 Å². The minimum Gasteiger partial charge on any atom is -1.00 e. The molecule has 0 amide bonds. The third-order valence-electron chi connectivity index (χ3n) is 4.27. The average Bonchev–Trinajstić information content (AvgIpc) is 2.22. The van der Waals surface area contributed by atoms with Gasteiger partial charge in [0.2, 0.25) is 0 Å². The van der Waals surface area contributed by atoms with Gasteiger partial charge in [-0.25, -0.2) is 0 Å². The Labute approximate surface area is 137 Å². The van der Waals surface area contributed by atoms with Crippen LogP contribution in [0.4, 0.5) is 0 Å². The summed E-state index contributed by atoms with van der Waals surface area (Å²) in [5.41, 5.74) is 0. The third-order valence-corrected chi connectivity index (χ3v) is 4.27. The molecule has 116 valence electrons. The van der Waals surface area contributed by atoms with Crippen LogP contribution in [0.25, 0.3) is 0 Å². The van der Waals surface area contributed by atoms with Crippen molar-refractivity contribution >= 4 is 0 Å². The molecule has 1 aliphatic carbocycles. The van der Waals surface area contributed by atoms with Gasteiger partial charge in [-0.1, -0.05) is 27.2 Å². The Bertz CT molecular complexity index is 237. The minimum atomic E-state index is 0. The number of ether oxygens (including phenoxy) is 1. The van der Waals surface area contributed by atoms with Crippen molar-refractivity contribution in [3.63, 3.8) is 0 Å². The van der Waals surface area contributed by atoms with Crippen LogP contribution in [0.1, 0.15) is 46.5 Å². The van der Waals surface area contributed by atoms with Gasteiger partial charge in [0.15, 0.2) is 0 Å².